The van der Waals surface area contributed by atoms with E-state index >= 15 is 0 Å². The van der Waals surface area contributed by atoms with E-state index in [0.29, 0.717) is 22.6 Å². The number of rotatable bonds is 5. The highest BCUT2D eigenvalue weighted by Gasteiger charge is 2.19. The first-order valence-corrected chi connectivity index (χ1v) is 9.78. The van der Waals surface area contributed by atoms with E-state index in [2.05, 4.69) is 15.7 Å². The Hall–Kier alpha value is -3.52. The van der Waals surface area contributed by atoms with Gasteiger partial charge in [0.2, 0.25) is 11.8 Å². The lowest BCUT2D eigenvalue weighted by Gasteiger charge is -2.16. The Morgan fingerprint density at radius 1 is 1.10 bits per heavy atom. The highest BCUT2D eigenvalue weighted by molar-refractivity contribution is 6.31. The molecule has 31 heavy (non-hydrogen) atoms. The lowest BCUT2D eigenvalue weighted by molar-refractivity contribution is -0.119. The predicted molar refractivity (Wildman–Crippen MR) is 118 cm³/mol. The van der Waals surface area contributed by atoms with E-state index in [1.165, 1.54) is 32.0 Å². The first kappa shape index (κ1) is 22.2. The molecule has 2 N–H and O–H groups in total. The van der Waals surface area contributed by atoms with E-state index in [9.17, 15) is 18.8 Å². The third-order valence-electron chi connectivity index (χ3n) is 4.60. The van der Waals surface area contributed by atoms with Gasteiger partial charge in [-0.3, -0.25) is 14.4 Å². The Morgan fingerprint density at radius 3 is 2.52 bits per heavy atom. The van der Waals surface area contributed by atoms with Crippen molar-refractivity contribution in [1.82, 2.24) is 9.78 Å². The number of nitrogens with one attached hydrogen (secondary N) is 2. The van der Waals surface area contributed by atoms with Crippen molar-refractivity contribution in [2.45, 2.75) is 26.8 Å². The predicted octanol–water partition coefficient (Wildman–Crippen LogP) is 4.17. The Balaban J connectivity index is 1.90. The number of benzene rings is 2. The van der Waals surface area contributed by atoms with Gasteiger partial charge in [0.15, 0.2) is 0 Å². The smallest absolute Gasteiger partial charge is 0.267 e. The maximum absolute atomic E-state index is 13.3. The van der Waals surface area contributed by atoms with Crippen molar-refractivity contribution >= 4 is 34.8 Å². The lowest BCUT2D eigenvalue weighted by atomic mass is 10.1. The number of anilines is 2. The summed E-state index contributed by atoms with van der Waals surface area (Å²) in [6.45, 7) is 4.80. The summed E-state index contributed by atoms with van der Waals surface area (Å²) in [5.74, 6) is -1.32. The summed E-state index contributed by atoms with van der Waals surface area (Å²) >= 11 is 5.74. The fourth-order valence-electron chi connectivity index (χ4n) is 2.89. The molecule has 1 heterocycles. The molecule has 3 aromatic rings. The number of carbonyl (C=O) groups excluding carboxylic acids is 2. The minimum absolute atomic E-state index is 0.128. The summed E-state index contributed by atoms with van der Waals surface area (Å²) in [6.07, 6.45) is 0. The normalized spacial score (nSPS) is 11.6. The molecular formula is C22H20ClFN4O3. The largest absolute Gasteiger partial charge is 0.326 e. The van der Waals surface area contributed by atoms with Gasteiger partial charge in [0.05, 0.1) is 10.7 Å². The topological polar surface area (TPSA) is 93.1 Å². The van der Waals surface area contributed by atoms with Gasteiger partial charge in [0.25, 0.3) is 5.56 Å². The van der Waals surface area contributed by atoms with Crippen LogP contribution in [-0.2, 0) is 9.59 Å². The van der Waals surface area contributed by atoms with Crippen molar-refractivity contribution in [2.24, 2.45) is 0 Å². The number of aryl methyl sites for hydroxylation is 1. The number of hydrogen-bond acceptors (Lipinski definition) is 4. The molecule has 0 saturated heterocycles. The van der Waals surface area contributed by atoms with E-state index in [0.717, 1.165) is 16.3 Å². The van der Waals surface area contributed by atoms with Crippen LogP contribution >= 0.6 is 11.6 Å². The van der Waals surface area contributed by atoms with Crippen LogP contribution in [0.25, 0.3) is 11.3 Å². The summed E-state index contributed by atoms with van der Waals surface area (Å²) in [5, 5.41) is 9.55. The van der Waals surface area contributed by atoms with Crippen LogP contribution in [0.15, 0.2) is 53.3 Å². The first-order chi connectivity index (χ1) is 14.7. The molecule has 1 atom stereocenters. The first-order valence-electron chi connectivity index (χ1n) is 9.40. The summed E-state index contributed by atoms with van der Waals surface area (Å²) in [7, 11) is 0. The van der Waals surface area contributed by atoms with E-state index in [-0.39, 0.29) is 10.9 Å². The van der Waals surface area contributed by atoms with Gasteiger partial charge in [0.1, 0.15) is 11.9 Å². The molecule has 2 amide bonds. The summed E-state index contributed by atoms with van der Waals surface area (Å²) in [6, 6.07) is 11.1. The number of aromatic nitrogens is 2. The van der Waals surface area contributed by atoms with Crippen LogP contribution in [0.2, 0.25) is 5.02 Å². The molecule has 0 aliphatic heterocycles. The van der Waals surface area contributed by atoms with Gasteiger partial charge in [-0.2, -0.15) is 5.10 Å². The third-order valence-corrected chi connectivity index (χ3v) is 4.89. The molecule has 0 unspecified atom stereocenters. The zero-order valence-corrected chi connectivity index (χ0v) is 17.8. The lowest BCUT2D eigenvalue weighted by Crippen LogP contribution is -2.33. The zero-order valence-electron chi connectivity index (χ0n) is 17.1. The Kier molecular flexibility index (Phi) is 6.50. The van der Waals surface area contributed by atoms with Gasteiger partial charge in [-0.1, -0.05) is 23.7 Å². The summed E-state index contributed by atoms with van der Waals surface area (Å²) in [5.41, 5.74) is 2.46. The molecule has 0 fully saturated rings. The molecule has 0 spiro atoms. The highest BCUT2D eigenvalue weighted by atomic mass is 35.5. The monoisotopic (exact) mass is 442 g/mol. The van der Waals surface area contributed by atoms with Gasteiger partial charge in [-0.25, -0.2) is 9.07 Å². The molecule has 0 radical (unpaired) electrons. The van der Waals surface area contributed by atoms with Crippen molar-refractivity contribution in [3.8, 4) is 11.3 Å². The van der Waals surface area contributed by atoms with E-state index in [1.54, 1.807) is 12.1 Å². The quantitative estimate of drug-likeness (QED) is 0.620. The van der Waals surface area contributed by atoms with Gasteiger partial charge in [-0.05, 0) is 49.7 Å². The second kappa shape index (κ2) is 9.09. The molecule has 1 aromatic heterocycles. The molecule has 0 aliphatic carbocycles. The molecule has 0 saturated carbocycles. The van der Waals surface area contributed by atoms with Crippen LogP contribution in [0.4, 0.5) is 15.8 Å². The Labute approximate surface area is 182 Å². The van der Waals surface area contributed by atoms with E-state index in [4.69, 9.17) is 11.6 Å². The average molecular weight is 443 g/mol. The molecular weight excluding hydrogens is 423 g/mol. The number of amides is 2. The third kappa shape index (κ3) is 5.16. The van der Waals surface area contributed by atoms with E-state index < -0.39 is 23.3 Å². The molecule has 2 aromatic carbocycles. The zero-order chi connectivity index (χ0) is 22.7. The molecule has 3 rings (SSSR count). The van der Waals surface area contributed by atoms with Crippen molar-refractivity contribution < 1.29 is 14.0 Å². The van der Waals surface area contributed by atoms with Crippen LogP contribution in [0.1, 0.15) is 25.5 Å². The van der Waals surface area contributed by atoms with Crippen molar-refractivity contribution in [3.63, 3.8) is 0 Å². The highest BCUT2D eigenvalue weighted by Crippen LogP contribution is 2.24. The molecule has 160 valence electrons. The standard InChI is InChI=1S/C22H20ClFN4O3/c1-12-4-5-15(10-20(12)25-14(3)29)19-8-9-21(30)28(27-19)13(2)22(31)26-16-6-7-18(24)17(23)11-16/h4-11,13H,1-3H3,(H,25,29)(H,26,31)/t13-/m1/s1. The SMILES string of the molecule is CC(=O)Nc1cc(-c2ccc(=O)n([C@H](C)C(=O)Nc3ccc(F)c(Cl)c3)n2)ccc1C. The van der Waals surface area contributed by atoms with Crippen LogP contribution < -0.4 is 16.2 Å². The minimum Gasteiger partial charge on any atom is -0.326 e. The van der Waals surface area contributed by atoms with Gasteiger partial charge in [0, 0.05) is 29.9 Å². The van der Waals surface area contributed by atoms with Crippen molar-refractivity contribution in [3.05, 3.63) is 75.3 Å². The average Bonchev–Trinajstić information content (AvgIpc) is 2.72. The maximum Gasteiger partial charge on any atom is 0.267 e. The van der Waals surface area contributed by atoms with Crippen LogP contribution in [0.5, 0.6) is 0 Å². The fourth-order valence-corrected chi connectivity index (χ4v) is 3.07. The number of halogens is 2. The van der Waals surface area contributed by atoms with Gasteiger partial charge in [-0.15, -0.1) is 0 Å². The second-order valence-electron chi connectivity index (χ2n) is 7.01. The van der Waals surface area contributed by atoms with E-state index in [1.807, 2.05) is 19.1 Å². The van der Waals surface area contributed by atoms with Gasteiger partial charge >= 0.3 is 0 Å². The summed E-state index contributed by atoms with van der Waals surface area (Å²) < 4.78 is 14.4. The van der Waals surface area contributed by atoms with Crippen LogP contribution in [0.3, 0.4) is 0 Å². The Bertz CT molecular complexity index is 1230. The second-order valence-corrected chi connectivity index (χ2v) is 7.41. The van der Waals surface area contributed by atoms with Crippen molar-refractivity contribution in [2.75, 3.05) is 10.6 Å². The maximum atomic E-state index is 13.3. The molecule has 9 heteroatoms. The summed E-state index contributed by atoms with van der Waals surface area (Å²) in [4.78, 5) is 36.4. The fraction of sp³-hybridized carbons (Fsp3) is 0.182. The molecule has 0 aliphatic rings. The number of hydrogen-bond donors (Lipinski definition) is 2. The van der Waals surface area contributed by atoms with Crippen molar-refractivity contribution in [1.29, 1.82) is 0 Å². The van der Waals surface area contributed by atoms with Gasteiger partial charge < -0.3 is 10.6 Å². The van der Waals surface area contributed by atoms with Crippen LogP contribution in [-0.4, -0.2) is 21.6 Å². The number of nitrogens with zero attached hydrogens (tertiary/aromatic N) is 2. The molecule has 0 bridgehead atoms. The van der Waals surface area contributed by atoms with Crippen LogP contribution in [0, 0.1) is 12.7 Å². The molecule has 7 nitrogen and oxygen atoms in total. The Morgan fingerprint density at radius 2 is 1.84 bits per heavy atom. The number of carbonyl (C=O) groups is 2. The minimum atomic E-state index is -0.948.